The normalized spacial score (nSPS) is 10.3. The van der Waals surface area contributed by atoms with E-state index in [4.69, 9.17) is 5.11 Å². The lowest BCUT2D eigenvalue weighted by molar-refractivity contribution is 0.283. The highest BCUT2D eigenvalue weighted by Crippen LogP contribution is 2.10. The number of rotatable bonds is 5. The molecule has 1 N–H and O–H groups in total. The minimum atomic E-state index is 0.312. The standard InChI is InChI=1S/C12H17O/c1-11-7-4-5-9-12(11)8-3-2-6-10-13/h4-5,7,9,13H,1-3,6,8,10H2. The van der Waals surface area contributed by atoms with E-state index in [1.165, 1.54) is 5.56 Å². The number of aryl methyl sites for hydroxylation is 1. The molecule has 0 bridgehead atoms. The fraction of sp³-hybridized carbons (Fsp3) is 0.417. The van der Waals surface area contributed by atoms with Gasteiger partial charge in [0.1, 0.15) is 0 Å². The molecular formula is C12H17O. The first-order chi connectivity index (χ1) is 6.34. The van der Waals surface area contributed by atoms with Crippen LogP contribution in [0.3, 0.4) is 0 Å². The number of hydrogen-bond donors (Lipinski definition) is 1. The van der Waals surface area contributed by atoms with Gasteiger partial charge in [0.15, 0.2) is 0 Å². The Bertz CT molecular complexity index is 243. The summed E-state index contributed by atoms with van der Waals surface area (Å²) < 4.78 is 0. The fourth-order valence-electron chi connectivity index (χ4n) is 1.41. The Hall–Kier alpha value is -0.820. The Kier molecular flexibility index (Phi) is 4.55. The van der Waals surface area contributed by atoms with Crippen LogP contribution >= 0.6 is 0 Å². The molecule has 13 heavy (non-hydrogen) atoms. The second kappa shape index (κ2) is 5.76. The van der Waals surface area contributed by atoms with Crippen molar-refractivity contribution in [1.29, 1.82) is 0 Å². The van der Waals surface area contributed by atoms with Gasteiger partial charge in [0.2, 0.25) is 0 Å². The van der Waals surface area contributed by atoms with Gasteiger partial charge in [-0.2, -0.15) is 0 Å². The lowest BCUT2D eigenvalue weighted by atomic mass is 10.0. The van der Waals surface area contributed by atoms with E-state index >= 15 is 0 Å². The summed E-state index contributed by atoms with van der Waals surface area (Å²) in [6.07, 6.45) is 4.25. The Morgan fingerprint density at radius 2 is 1.85 bits per heavy atom. The summed E-state index contributed by atoms with van der Waals surface area (Å²) in [5, 5.41) is 8.61. The van der Waals surface area contributed by atoms with Gasteiger partial charge in [-0.3, -0.25) is 0 Å². The predicted molar refractivity (Wildman–Crippen MR) is 55.5 cm³/mol. The summed E-state index contributed by atoms with van der Waals surface area (Å²) in [5.41, 5.74) is 2.46. The lowest BCUT2D eigenvalue weighted by Gasteiger charge is -2.04. The van der Waals surface area contributed by atoms with Gasteiger partial charge in [0.25, 0.3) is 0 Å². The number of unbranched alkanes of at least 4 members (excludes halogenated alkanes) is 2. The molecular weight excluding hydrogens is 160 g/mol. The second-order valence-corrected chi connectivity index (χ2v) is 3.30. The highest BCUT2D eigenvalue weighted by atomic mass is 16.2. The van der Waals surface area contributed by atoms with E-state index in [0.29, 0.717) is 6.61 Å². The maximum absolute atomic E-state index is 8.61. The Morgan fingerprint density at radius 3 is 2.54 bits per heavy atom. The third kappa shape index (κ3) is 3.60. The SMILES string of the molecule is [CH2]c1ccccc1CCCCCO. The summed E-state index contributed by atoms with van der Waals surface area (Å²) >= 11 is 0. The zero-order valence-electron chi connectivity index (χ0n) is 8.00. The van der Waals surface area contributed by atoms with Crippen molar-refractivity contribution in [3.8, 4) is 0 Å². The van der Waals surface area contributed by atoms with E-state index in [1.54, 1.807) is 0 Å². The van der Waals surface area contributed by atoms with Crippen LogP contribution in [-0.2, 0) is 6.42 Å². The van der Waals surface area contributed by atoms with E-state index in [1.807, 2.05) is 12.1 Å². The molecule has 0 aliphatic rings. The molecule has 1 aromatic carbocycles. The summed E-state index contributed by atoms with van der Waals surface area (Å²) in [6, 6.07) is 8.23. The summed E-state index contributed by atoms with van der Waals surface area (Å²) in [6.45, 7) is 4.28. The topological polar surface area (TPSA) is 20.2 Å². The van der Waals surface area contributed by atoms with Crippen molar-refractivity contribution >= 4 is 0 Å². The summed E-state index contributed by atoms with van der Waals surface area (Å²) in [5.74, 6) is 0. The molecule has 0 aliphatic heterocycles. The molecule has 1 nitrogen and oxygen atoms in total. The van der Waals surface area contributed by atoms with E-state index in [2.05, 4.69) is 19.1 Å². The molecule has 1 radical (unpaired) electrons. The van der Waals surface area contributed by atoms with Crippen LogP contribution in [0.4, 0.5) is 0 Å². The molecule has 1 aromatic rings. The first-order valence-electron chi connectivity index (χ1n) is 4.85. The molecule has 0 atom stereocenters. The highest BCUT2D eigenvalue weighted by molar-refractivity contribution is 5.29. The second-order valence-electron chi connectivity index (χ2n) is 3.30. The molecule has 0 aromatic heterocycles. The molecule has 71 valence electrons. The maximum atomic E-state index is 8.61. The zero-order valence-corrected chi connectivity index (χ0v) is 8.00. The van der Waals surface area contributed by atoms with Crippen molar-refractivity contribution < 1.29 is 5.11 Å². The first-order valence-corrected chi connectivity index (χ1v) is 4.85. The van der Waals surface area contributed by atoms with Gasteiger partial charge in [-0.05, 0) is 37.3 Å². The largest absolute Gasteiger partial charge is 0.396 e. The van der Waals surface area contributed by atoms with Crippen LogP contribution in [0.2, 0.25) is 0 Å². The molecule has 0 fully saturated rings. The van der Waals surface area contributed by atoms with Crippen LogP contribution in [0.25, 0.3) is 0 Å². The van der Waals surface area contributed by atoms with E-state index < -0.39 is 0 Å². The average Bonchev–Trinajstić information content (AvgIpc) is 2.15. The van der Waals surface area contributed by atoms with Crippen LogP contribution in [0.1, 0.15) is 30.4 Å². The maximum Gasteiger partial charge on any atom is 0.0431 e. The molecule has 0 saturated carbocycles. The quantitative estimate of drug-likeness (QED) is 0.685. The van der Waals surface area contributed by atoms with Crippen LogP contribution in [0.15, 0.2) is 24.3 Å². The molecule has 0 saturated heterocycles. The Balaban J connectivity index is 2.32. The van der Waals surface area contributed by atoms with Gasteiger partial charge in [0.05, 0.1) is 0 Å². The van der Waals surface area contributed by atoms with Crippen molar-refractivity contribution in [1.82, 2.24) is 0 Å². The molecule has 0 amide bonds. The van der Waals surface area contributed by atoms with E-state index in [9.17, 15) is 0 Å². The van der Waals surface area contributed by atoms with Crippen LogP contribution in [0, 0.1) is 6.92 Å². The van der Waals surface area contributed by atoms with Gasteiger partial charge < -0.3 is 5.11 Å². The first kappa shape index (κ1) is 10.3. The molecule has 0 unspecified atom stereocenters. The van der Waals surface area contributed by atoms with Crippen molar-refractivity contribution in [2.24, 2.45) is 0 Å². The highest BCUT2D eigenvalue weighted by Gasteiger charge is 1.96. The fourth-order valence-corrected chi connectivity index (χ4v) is 1.41. The van der Waals surface area contributed by atoms with Gasteiger partial charge in [-0.1, -0.05) is 30.7 Å². The molecule has 1 rings (SSSR count). The number of benzene rings is 1. The van der Waals surface area contributed by atoms with Crippen molar-refractivity contribution in [3.05, 3.63) is 42.3 Å². The third-order valence-corrected chi connectivity index (χ3v) is 2.22. The number of hydrogen-bond acceptors (Lipinski definition) is 1. The van der Waals surface area contributed by atoms with E-state index in [-0.39, 0.29) is 0 Å². The molecule has 0 spiro atoms. The summed E-state index contributed by atoms with van der Waals surface area (Å²) in [7, 11) is 0. The smallest absolute Gasteiger partial charge is 0.0431 e. The predicted octanol–water partition coefficient (Wildman–Crippen LogP) is 2.57. The van der Waals surface area contributed by atoms with Gasteiger partial charge >= 0.3 is 0 Å². The van der Waals surface area contributed by atoms with Gasteiger partial charge in [0, 0.05) is 6.61 Å². The molecule has 1 heteroatoms. The number of aliphatic hydroxyl groups is 1. The van der Waals surface area contributed by atoms with E-state index in [0.717, 1.165) is 31.2 Å². The van der Waals surface area contributed by atoms with Gasteiger partial charge in [-0.15, -0.1) is 0 Å². The minimum Gasteiger partial charge on any atom is -0.396 e. The monoisotopic (exact) mass is 177 g/mol. The van der Waals surface area contributed by atoms with Crippen LogP contribution < -0.4 is 0 Å². The van der Waals surface area contributed by atoms with Crippen molar-refractivity contribution in [2.45, 2.75) is 25.7 Å². The lowest BCUT2D eigenvalue weighted by Crippen LogP contribution is -1.90. The zero-order chi connectivity index (χ0) is 9.52. The molecule has 0 heterocycles. The average molecular weight is 177 g/mol. The Morgan fingerprint density at radius 1 is 1.08 bits per heavy atom. The Labute approximate surface area is 80.4 Å². The third-order valence-electron chi connectivity index (χ3n) is 2.22. The number of aliphatic hydroxyl groups excluding tert-OH is 1. The minimum absolute atomic E-state index is 0.312. The molecule has 0 aliphatic carbocycles. The van der Waals surface area contributed by atoms with Crippen molar-refractivity contribution in [3.63, 3.8) is 0 Å². The van der Waals surface area contributed by atoms with Crippen molar-refractivity contribution in [2.75, 3.05) is 6.61 Å². The van der Waals surface area contributed by atoms with Crippen LogP contribution in [0.5, 0.6) is 0 Å². The van der Waals surface area contributed by atoms with Gasteiger partial charge in [-0.25, -0.2) is 0 Å². The van der Waals surface area contributed by atoms with Crippen LogP contribution in [-0.4, -0.2) is 11.7 Å². The summed E-state index contributed by atoms with van der Waals surface area (Å²) in [4.78, 5) is 0.